The van der Waals surface area contributed by atoms with E-state index >= 15 is 0 Å². The van der Waals surface area contributed by atoms with Gasteiger partial charge >= 0.3 is 5.63 Å². The Morgan fingerprint density at radius 3 is 2.50 bits per heavy atom. The molecule has 0 bridgehead atoms. The van der Waals surface area contributed by atoms with E-state index in [1.807, 2.05) is 49.4 Å². The molecule has 0 atom stereocenters. The highest BCUT2D eigenvalue weighted by Gasteiger charge is 2.06. The Morgan fingerprint density at radius 2 is 1.70 bits per heavy atom. The minimum absolute atomic E-state index is 0.241. The van der Waals surface area contributed by atoms with Crippen LogP contribution in [0.4, 0.5) is 0 Å². The minimum Gasteiger partial charge on any atom is -0.427 e. The second-order valence-electron chi connectivity index (χ2n) is 5.02. The molecule has 2 aromatic carbocycles. The van der Waals surface area contributed by atoms with E-state index in [9.17, 15) is 4.79 Å². The van der Waals surface area contributed by atoms with Crippen LogP contribution in [-0.4, -0.2) is 0 Å². The van der Waals surface area contributed by atoms with Crippen molar-refractivity contribution in [2.45, 2.75) is 19.8 Å². The quantitative estimate of drug-likeness (QED) is 0.718. The van der Waals surface area contributed by atoms with Crippen LogP contribution in [0.1, 0.15) is 16.9 Å². The molecule has 1 heterocycles. The highest BCUT2D eigenvalue weighted by molar-refractivity contribution is 5.84. The standard InChI is InChI=1S/C18H16O2/c1-13-6-5-9-16-17(13)12-15(20-18(16)19)11-10-14-7-3-2-4-8-14/h2-9,12H,10-11H2,1H3. The molecule has 0 fully saturated rings. The fourth-order valence-electron chi connectivity index (χ4n) is 2.45. The molecule has 100 valence electrons. The monoisotopic (exact) mass is 264 g/mol. The van der Waals surface area contributed by atoms with Crippen molar-refractivity contribution in [3.05, 3.63) is 81.9 Å². The minimum atomic E-state index is -0.241. The molecule has 0 saturated heterocycles. The van der Waals surface area contributed by atoms with Crippen molar-refractivity contribution in [2.24, 2.45) is 0 Å². The summed E-state index contributed by atoms with van der Waals surface area (Å²) in [5.74, 6) is 0.751. The molecule has 2 heteroatoms. The third-order valence-electron chi connectivity index (χ3n) is 3.58. The van der Waals surface area contributed by atoms with Crippen molar-refractivity contribution in [1.29, 1.82) is 0 Å². The van der Waals surface area contributed by atoms with Gasteiger partial charge in [-0.25, -0.2) is 4.79 Å². The summed E-state index contributed by atoms with van der Waals surface area (Å²) in [6.45, 7) is 2.02. The van der Waals surface area contributed by atoms with Gasteiger partial charge in [-0.1, -0.05) is 42.5 Å². The molecule has 0 aliphatic carbocycles. The van der Waals surface area contributed by atoms with Crippen LogP contribution in [0, 0.1) is 6.92 Å². The Morgan fingerprint density at radius 1 is 0.900 bits per heavy atom. The first-order valence-corrected chi connectivity index (χ1v) is 6.80. The van der Waals surface area contributed by atoms with E-state index in [1.54, 1.807) is 0 Å². The first-order chi connectivity index (χ1) is 9.74. The summed E-state index contributed by atoms with van der Waals surface area (Å²) in [5.41, 5.74) is 2.12. The second-order valence-corrected chi connectivity index (χ2v) is 5.02. The average molecular weight is 264 g/mol. The SMILES string of the molecule is Cc1cccc2c(=O)oc(CCc3ccccc3)cc12. The molecule has 3 aromatic rings. The van der Waals surface area contributed by atoms with Crippen molar-refractivity contribution in [3.63, 3.8) is 0 Å². The Kier molecular flexibility index (Phi) is 3.38. The van der Waals surface area contributed by atoms with Crippen LogP contribution in [0.2, 0.25) is 0 Å². The summed E-state index contributed by atoms with van der Waals surface area (Å²) >= 11 is 0. The predicted molar refractivity (Wildman–Crippen MR) is 81.1 cm³/mol. The maximum absolute atomic E-state index is 12.0. The lowest BCUT2D eigenvalue weighted by Crippen LogP contribution is -2.03. The van der Waals surface area contributed by atoms with Gasteiger partial charge < -0.3 is 4.42 Å². The Labute approximate surface area is 117 Å². The van der Waals surface area contributed by atoms with Crippen molar-refractivity contribution in [1.82, 2.24) is 0 Å². The Balaban J connectivity index is 1.93. The van der Waals surface area contributed by atoms with Gasteiger partial charge in [-0.3, -0.25) is 0 Å². The van der Waals surface area contributed by atoms with E-state index < -0.39 is 0 Å². The average Bonchev–Trinajstić information content (AvgIpc) is 2.47. The molecular formula is C18H16O2. The number of hydrogen-bond acceptors (Lipinski definition) is 2. The van der Waals surface area contributed by atoms with Gasteiger partial charge in [0.05, 0.1) is 5.39 Å². The third-order valence-corrected chi connectivity index (χ3v) is 3.58. The number of aryl methyl sites for hydroxylation is 3. The van der Waals surface area contributed by atoms with Crippen LogP contribution in [0.15, 0.2) is 63.8 Å². The van der Waals surface area contributed by atoms with E-state index in [-0.39, 0.29) is 5.63 Å². The lowest BCUT2D eigenvalue weighted by molar-refractivity contribution is 0.466. The van der Waals surface area contributed by atoms with Crippen LogP contribution < -0.4 is 5.63 Å². The maximum Gasteiger partial charge on any atom is 0.343 e. The Bertz CT molecular complexity index is 785. The fraction of sp³-hybridized carbons (Fsp3) is 0.167. The first-order valence-electron chi connectivity index (χ1n) is 6.80. The topological polar surface area (TPSA) is 30.2 Å². The molecule has 0 saturated carbocycles. The molecule has 0 amide bonds. The van der Waals surface area contributed by atoms with Crippen molar-refractivity contribution < 1.29 is 4.42 Å². The molecule has 1 aromatic heterocycles. The molecule has 2 nitrogen and oxygen atoms in total. The van der Waals surface area contributed by atoms with E-state index in [2.05, 4.69) is 12.1 Å². The van der Waals surface area contributed by atoms with Crippen LogP contribution in [-0.2, 0) is 12.8 Å². The zero-order valence-electron chi connectivity index (χ0n) is 11.4. The molecule has 20 heavy (non-hydrogen) atoms. The molecule has 0 N–H and O–H groups in total. The van der Waals surface area contributed by atoms with Crippen molar-refractivity contribution in [2.75, 3.05) is 0 Å². The predicted octanol–water partition coefficient (Wildman–Crippen LogP) is 3.89. The lowest BCUT2D eigenvalue weighted by Gasteiger charge is -2.05. The van der Waals surface area contributed by atoms with Gasteiger partial charge in [0.1, 0.15) is 5.76 Å². The molecule has 3 rings (SSSR count). The zero-order chi connectivity index (χ0) is 13.9. The maximum atomic E-state index is 12.0. The van der Waals surface area contributed by atoms with Crippen LogP contribution >= 0.6 is 0 Å². The third kappa shape index (κ3) is 2.50. The zero-order valence-corrected chi connectivity index (χ0v) is 11.4. The van der Waals surface area contributed by atoms with Crippen molar-refractivity contribution >= 4 is 10.8 Å². The van der Waals surface area contributed by atoms with Gasteiger partial charge in [0.25, 0.3) is 0 Å². The lowest BCUT2D eigenvalue weighted by atomic mass is 10.0. The molecular weight excluding hydrogens is 248 g/mol. The molecule has 0 aliphatic rings. The van der Waals surface area contributed by atoms with Crippen LogP contribution in [0.5, 0.6) is 0 Å². The molecule has 0 aliphatic heterocycles. The van der Waals surface area contributed by atoms with E-state index in [1.165, 1.54) is 5.56 Å². The first kappa shape index (κ1) is 12.7. The number of rotatable bonds is 3. The van der Waals surface area contributed by atoms with Gasteiger partial charge in [0.15, 0.2) is 0 Å². The smallest absolute Gasteiger partial charge is 0.343 e. The van der Waals surface area contributed by atoms with E-state index in [0.717, 1.165) is 29.6 Å². The summed E-state index contributed by atoms with van der Waals surface area (Å²) in [4.78, 5) is 12.0. The number of benzene rings is 2. The van der Waals surface area contributed by atoms with Gasteiger partial charge in [0.2, 0.25) is 0 Å². The Hall–Kier alpha value is -2.35. The normalized spacial score (nSPS) is 10.8. The van der Waals surface area contributed by atoms with Crippen LogP contribution in [0.25, 0.3) is 10.8 Å². The van der Waals surface area contributed by atoms with Gasteiger partial charge in [-0.2, -0.15) is 0 Å². The van der Waals surface area contributed by atoms with Gasteiger partial charge in [-0.15, -0.1) is 0 Å². The molecule has 0 radical (unpaired) electrons. The number of fused-ring (bicyclic) bond motifs is 1. The largest absolute Gasteiger partial charge is 0.427 e. The van der Waals surface area contributed by atoms with Crippen molar-refractivity contribution in [3.8, 4) is 0 Å². The summed E-state index contributed by atoms with van der Waals surface area (Å²) in [7, 11) is 0. The molecule has 0 spiro atoms. The number of hydrogen-bond donors (Lipinski definition) is 0. The van der Waals surface area contributed by atoms with Gasteiger partial charge in [0, 0.05) is 6.42 Å². The summed E-state index contributed by atoms with van der Waals surface area (Å²) in [6.07, 6.45) is 1.62. The highest BCUT2D eigenvalue weighted by Crippen LogP contribution is 2.17. The van der Waals surface area contributed by atoms with E-state index in [4.69, 9.17) is 4.42 Å². The fourth-order valence-corrected chi connectivity index (χ4v) is 2.45. The molecule has 0 unspecified atom stereocenters. The summed E-state index contributed by atoms with van der Waals surface area (Å²) in [5, 5.41) is 1.65. The second kappa shape index (κ2) is 5.33. The highest BCUT2D eigenvalue weighted by atomic mass is 16.4. The van der Waals surface area contributed by atoms with Crippen LogP contribution in [0.3, 0.4) is 0 Å². The van der Waals surface area contributed by atoms with Gasteiger partial charge in [-0.05, 0) is 42.0 Å². The van der Waals surface area contributed by atoms with E-state index in [0.29, 0.717) is 5.39 Å². The summed E-state index contributed by atoms with van der Waals surface area (Å²) in [6, 6.07) is 17.9. The summed E-state index contributed by atoms with van der Waals surface area (Å²) < 4.78 is 5.41.